The molecule has 2 heterocycles. The van der Waals surface area contributed by atoms with Crippen molar-refractivity contribution >= 4 is 23.6 Å². The summed E-state index contributed by atoms with van der Waals surface area (Å²) in [6.45, 7) is 3.23. The first kappa shape index (κ1) is 33.1. The van der Waals surface area contributed by atoms with Crippen LogP contribution in [0, 0.1) is 0 Å². The van der Waals surface area contributed by atoms with E-state index in [2.05, 4.69) is 5.32 Å². The second kappa shape index (κ2) is 14.0. The van der Waals surface area contributed by atoms with Gasteiger partial charge < -0.3 is 59.6 Å². The van der Waals surface area contributed by atoms with Crippen LogP contribution in [0.3, 0.4) is 0 Å². The second-order valence-electron chi connectivity index (χ2n) is 11.1. The number of phenols is 1. The molecule has 0 spiro atoms. The van der Waals surface area contributed by atoms with Crippen LogP contribution in [0.2, 0.25) is 5.02 Å². The van der Waals surface area contributed by atoms with Crippen LogP contribution in [0.15, 0.2) is 59.7 Å². The molecule has 2 aromatic rings. The molecule has 0 radical (unpaired) electrons. The largest absolute Gasteiger partial charge is 0.504 e. The van der Waals surface area contributed by atoms with E-state index in [1.165, 1.54) is 25.1 Å². The average molecular weight is 650 g/mol. The van der Waals surface area contributed by atoms with Gasteiger partial charge >= 0.3 is 0 Å². The van der Waals surface area contributed by atoms with Gasteiger partial charge in [-0.2, -0.15) is 0 Å². The predicted molar refractivity (Wildman–Crippen MR) is 158 cm³/mol. The SMILES string of the molecule is C/C(=C\c1ccc(O[C@@H]2O[C@H](/C(C)=C/COc3cccc(Cl)c3)[C@@H](O)[C@@H]2O)c(O)c1)C(=O)NC1C(O)[C@@H]2OCO[C@@H]2[C@H](O)[C@H]1O. The number of aliphatic hydroxyl groups is 5. The van der Waals surface area contributed by atoms with Gasteiger partial charge in [-0.05, 0) is 67.5 Å². The molecule has 1 aliphatic carbocycles. The van der Waals surface area contributed by atoms with Crippen LogP contribution < -0.4 is 14.8 Å². The highest BCUT2D eigenvalue weighted by Crippen LogP contribution is 2.34. The van der Waals surface area contributed by atoms with Crippen molar-refractivity contribution in [2.24, 2.45) is 0 Å². The van der Waals surface area contributed by atoms with Crippen LogP contribution in [0.1, 0.15) is 19.4 Å². The quantitative estimate of drug-likeness (QED) is 0.148. The zero-order valence-corrected chi connectivity index (χ0v) is 25.2. The van der Waals surface area contributed by atoms with E-state index >= 15 is 0 Å². The summed E-state index contributed by atoms with van der Waals surface area (Å²) >= 11 is 5.97. The number of fused-ring (bicyclic) bond motifs is 1. The van der Waals surface area contributed by atoms with Crippen molar-refractivity contribution in [3.63, 3.8) is 0 Å². The monoisotopic (exact) mass is 649 g/mol. The molecule has 10 atom stereocenters. The Morgan fingerprint density at radius 2 is 1.71 bits per heavy atom. The number of phenolic OH excluding ortho intramolecular Hbond substituents is 1. The fourth-order valence-electron chi connectivity index (χ4n) is 5.45. The molecule has 1 amide bonds. The summed E-state index contributed by atoms with van der Waals surface area (Å²) < 4.78 is 27.6. The molecule has 13 nitrogen and oxygen atoms in total. The van der Waals surface area contributed by atoms with Crippen molar-refractivity contribution in [2.75, 3.05) is 13.4 Å². The van der Waals surface area contributed by atoms with E-state index in [0.29, 0.717) is 21.9 Å². The van der Waals surface area contributed by atoms with Crippen LogP contribution in [-0.4, -0.2) is 111 Å². The molecule has 45 heavy (non-hydrogen) atoms. The number of hydrogen-bond acceptors (Lipinski definition) is 12. The number of nitrogens with one attached hydrogen (secondary N) is 1. The van der Waals surface area contributed by atoms with E-state index in [1.807, 2.05) is 0 Å². The highest BCUT2D eigenvalue weighted by Gasteiger charge is 2.53. The van der Waals surface area contributed by atoms with Gasteiger partial charge in [0.25, 0.3) is 0 Å². The lowest BCUT2D eigenvalue weighted by molar-refractivity contribution is -0.155. The Labute approximate surface area is 263 Å². The van der Waals surface area contributed by atoms with Crippen LogP contribution in [0.5, 0.6) is 17.2 Å². The van der Waals surface area contributed by atoms with Gasteiger partial charge in [-0.3, -0.25) is 4.79 Å². The molecule has 2 unspecified atom stereocenters. The molecule has 2 aliphatic heterocycles. The van der Waals surface area contributed by atoms with Crippen molar-refractivity contribution in [2.45, 2.75) is 75.0 Å². The molecule has 14 heteroatoms. The summed E-state index contributed by atoms with van der Waals surface area (Å²) in [5.74, 6) is -0.419. The van der Waals surface area contributed by atoms with Gasteiger partial charge in [0.2, 0.25) is 12.2 Å². The standard InChI is InChI=1S/C31H36ClNO12/c1-14(8-9-41-18-5-3-4-17(32)12-18)27-25(38)26(39)31(45-27)44-20-7-6-16(11-19(20)34)10-15(2)30(40)33-21-22(35)24(37)29-28(23(21)36)42-13-43-29/h3-8,10-12,21-29,31,34-39H,9,13H2,1-2H3,(H,33,40)/b14-8+,15-10+/t21?,22-,23?,24+,25-,26-,27+,28-,29+,31+/m0/s1. The maximum Gasteiger partial charge on any atom is 0.247 e. The third-order valence-electron chi connectivity index (χ3n) is 7.99. The van der Waals surface area contributed by atoms with Crippen molar-refractivity contribution in [1.29, 1.82) is 0 Å². The number of rotatable bonds is 9. The van der Waals surface area contributed by atoms with E-state index in [1.54, 1.807) is 43.3 Å². The van der Waals surface area contributed by atoms with Gasteiger partial charge in [-0.15, -0.1) is 0 Å². The normalized spacial score (nSPS) is 33.5. The molecular weight excluding hydrogens is 614 g/mol. The number of hydrogen-bond donors (Lipinski definition) is 7. The topological polar surface area (TPSA) is 197 Å². The molecule has 5 rings (SSSR count). The summed E-state index contributed by atoms with van der Waals surface area (Å²) in [6.07, 6.45) is -7.74. The van der Waals surface area contributed by atoms with Crippen LogP contribution >= 0.6 is 11.6 Å². The minimum Gasteiger partial charge on any atom is -0.504 e. The second-order valence-corrected chi connectivity index (χ2v) is 11.6. The van der Waals surface area contributed by atoms with Gasteiger partial charge in [0.1, 0.15) is 68.0 Å². The first-order valence-corrected chi connectivity index (χ1v) is 14.6. The van der Waals surface area contributed by atoms with Crippen LogP contribution in [0.4, 0.5) is 0 Å². The first-order valence-electron chi connectivity index (χ1n) is 14.3. The maximum absolute atomic E-state index is 12.9. The smallest absolute Gasteiger partial charge is 0.247 e. The van der Waals surface area contributed by atoms with Gasteiger partial charge in [0.15, 0.2) is 11.5 Å². The Morgan fingerprint density at radius 1 is 0.978 bits per heavy atom. The van der Waals surface area contributed by atoms with Gasteiger partial charge in [0.05, 0.1) is 6.04 Å². The maximum atomic E-state index is 12.9. The first-order chi connectivity index (χ1) is 21.4. The summed E-state index contributed by atoms with van der Waals surface area (Å²) in [7, 11) is 0. The summed E-state index contributed by atoms with van der Waals surface area (Å²) in [6, 6.07) is 9.96. The Balaban J connectivity index is 1.18. The number of aliphatic hydroxyl groups excluding tert-OH is 5. The summed E-state index contributed by atoms with van der Waals surface area (Å²) in [4.78, 5) is 12.9. The van der Waals surface area contributed by atoms with E-state index in [-0.39, 0.29) is 30.5 Å². The van der Waals surface area contributed by atoms with E-state index in [4.69, 9.17) is 35.3 Å². The van der Waals surface area contributed by atoms with Gasteiger partial charge in [-0.25, -0.2) is 0 Å². The fourth-order valence-corrected chi connectivity index (χ4v) is 5.63. The fraction of sp³-hybridized carbons (Fsp3) is 0.452. The number of benzene rings is 2. The lowest BCUT2D eigenvalue weighted by Gasteiger charge is -2.41. The van der Waals surface area contributed by atoms with E-state index in [9.17, 15) is 35.4 Å². The number of aromatic hydroxyl groups is 1. The Kier molecular flexibility index (Phi) is 10.3. The lowest BCUT2D eigenvalue weighted by atomic mass is 9.83. The number of ether oxygens (including phenoxy) is 5. The predicted octanol–water partition coefficient (Wildman–Crippen LogP) is 0.622. The molecule has 7 N–H and O–H groups in total. The van der Waals surface area contributed by atoms with Gasteiger partial charge in [0, 0.05) is 10.6 Å². The molecule has 2 aromatic carbocycles. The number of carbonyl (C=O) groups excluding carboxylic acids is 1. The molecule has 3 aliphatic rings. The third-order valence-corrected chi connectivity index (χ3v) is 8.22. The Morgan fingerprint density at radius 3 is 2.42 bits per heavy atom. The van der Waals surface area contributed by atoms with Crippen molar-refractivity contribution in [3.05, 3.63) is 70.3 Å². The van der Waals surface area contributed by atoms with Crippen molar-refractivity contribution in [3.8, 4) is 17.2 Å². The van der Waals surface area contributed by atoms with Gasteiger partial charge in [-0.1, -0.05) is 23.7 Å². The number of amides is 1. The zero-order valence-electron chi connectivity index (χ0n) is 24.4. The van der Waals surface area contributed by atoms with Crippen LogP contribution in [-0.2, 0) is 19.0 Å². The molecule has 1 saturated carbocycles. The zero-order chi connectivity index (χ0) is 32.4. The third kappa shape index (κ3) is 7.27. The lowest BCUT2D eigenvalue weighted by Crippen LogP contribution is -2.67. The molecular formula is C31H36ClNO12. The molecule has 0 bridgehead atoms. The van der Waals surface area contributed by atoms with E-state index in [0.717, 1.165) is 0 Å². The molecule has 0 aromatic heterocycles. The highest BCUT2D eigenvalue weighted by atomic mass is 35.5. The number of carbonyl (C=O) groups is 1. The minimum absolute atomic E-state index is 0.0344. The summed E-state index contributed by atoms with van der Waals surface area (Å²) in [5.41, 5.74) is 1.18. The molecule has 244 valence electrons. The van der Waals surface area contributed by atoms with Crippen LogP contribution in [0.25, 0.3) is 6.08 Å². The summed E-state index contributed by atoms with van der Waals surface area (Å²) in [5, 5.41) is 66.2. The Hall–Kier alpha value is -3.24. The van der Waals surface area contributed by atoms with Crippen molar-refractivity contribution in [1.82, 2.24) is 5.32 Å². The molecule has 3 fully saturated rings. The Bertz CT molecular complexity index is 1440. The number of halogens is 1. The highest BCUT2D eigenvalue weighted by molar-refractivity contribution is 6.30. The minimum atomic E-state index is -1.49. The average Bonchev–Trinajstić information content (AvgIpc) is 3.61. The van der Waals surface area contributed by atoms with Crippen molar-refractivity contribution < 1.29 is 59.1 Å². The van der Waals surface area contributed by atoms with E-state index < -0.39 is 67.1 Å². The molecule has 2 saturated heterocycles.